The number of aryl methyl sites for hydroxylation is 2. The van der Waals surface area contributed by atoms with Gasteiger partial charge in [-0.3, -0.25) is 9.59 Å². The molecule has 0 spiro atoms. The number of nitrogens with zero attached hydrogens (tertiary/aromatic N) is 2. The maximum atomic E-state index is 13.2. The van der Waals surface area contributed by atoms with Gasteiger partial charge in [-0.15, -0.1) is 0 Å². The molecule has 1 aliphatic heterocycles. The number of benzene rings is 1. The zero-order chi connectivity index (χ0) is 20.4. The fourth-order valence-corrected chi connectivity index (χ4v) is 3.75. The molecule has 2 heterocycles. The summed E-state index contributed by atoms with van der Waals surface area (Å²) in [5.74, 6) is 0.977. The average Bonchev–Trinajstić information content (AvgIpc) is 3.02. The summed E-state index contributed by atoms with van der Waals surface area (Å²) in [6.45, 7) is 4.51. The van der Waals surface area contributed by atoms with Crippen LogP contribution in [0.1, 0.15) is 22.5 Å². The summed E-state index contributed by atoms with van der Waals surface area (Å²) in [4.78, 5) is 27.4. The first-order valence-electron chi connectivity index (χ1n) is 9.27. The van der Waals surface area contributed by atoms with Crippen molar-refractivity contribution in [3.05, 3.63) is 46.8 Å². The van der Waals surface area contributed by atoms with Crippen LogP contribution < -0.4 is 14.8 Å². The molecule has 0 radical (unpaired) electrons. The Labute approximate surface area is 165 Å². The predicted octanol–water partition coefficient (Wildman–Crippen LogP) is 1.82. The zero-order valence-electron chi connectivity index (χ0n) is 17.0. The van der Waals surface area contributed by atoms with Gasteiger partial charge in [-0.25, -0.2) is 0 Å². The third-order valence-electron chi connectivity index (χ3n) is 5.42. The standard InChI is InChI=1S/C21H27N3O4/c1-13-6-7-14(2)23(13)12-20(25)24-11-16-10-19(28-5)18(27-4)9-15(16)8-17(24)21(26)22-3/h6-7,9-10,17H,8,11-12H2,1-5H3,(H,22,26)/t17-/m1/s1. The number of hydrogen-bond acceptors (Lipinski definition) is 4. The van der Waals surface area contributed by atoms with E-state index in [0.717, 1.165) is 22.5 Å². The SMILES string of the molecule is CNC(=O)[C@H]1Cc2cc(OC)c(OC)cc2CN1C(=O)Cn1c(C)ccc1C. The molecule has 1 aliphatic rings. The van der Waals surface area contributed by atoms with E-state index in [1.807, 2.05) is 42.7 Å². The summed E-state index contributed by atoms with van der Waals surface area (Å²) in [6, 6.07) is 7.20. The highest BCUT2D eigenvalue weighted by Gasteiger charge is 2.35. The van der Waals surface area contributed by atoms with Gasteiger partial charge in [0.1, 0.15) is 12.6 Å². The van der Waals surface area contributed by atoms with Gasteiger partial charge in [-0.05, 0) is 49.2 Å². The van der Waals surface area contributed by atoms with Gasteiger partial charge in [-0.2, -0.15) is 0 Å². The molecule has 0 saturated carbocycles. The lowest BCUT2D eigenvalue weighted by Crippen LogP contribution is -2.52. The van der Waals surface area contributed by atoms with Crippen LogP contribution in [0, 0.1) is 13.8 Å². The zero-order valence-corrected chi connectivity index (χ0v) is 17.0. The van der Waals surface area contributed by atoms with Crippen molar-refractivity contribution in [3.63, 3.8) is 0 Å². The summed E-state index contributed by atoms with van der Waals surface area (Å²) in [5, 5.41) is 2.69. The van der Waals surface area contributed by atoms with Crippen LogP contribution in [0.15, 0.2) is 24.3 Å². The third-order valence-corrected chi connectivity index (χ3v) is 5.42. The second-order valence-electron chi connectivity index (χ2n) is 7.03. The van der Waals surface area contributed by atoms with Gasteiger partial charge in [0.15, 0.2) is 11.5 Å². The third kappa shape index (κ3) is 3.56. The molecule has 3 rings (SSSR count). The highest BCUT2D eigenvalue weighted by atomic mass is 16.5. The van der Waals surface area contributed by atoms with E-state index in [-0.39, 0.29) is 18.4 Å². The lowest BCUT2D eigenvalue weighted by molar-refractivity contribution is -0.142. The van der Waals surface area contributed by atoms with E-state index < -0.39 is 6.04 Å². The van der Waals surface area contributed by atoms with Gasteiger partial charge in [0.25, 0.3) is 0 Å². The van der Waals surface area contributed by atoms with E-state index in [9.17, 15) is 9.59 Å². The molecule has 0 aliphatic carbocycles. The van der Waals surface area contributed by atoms with Crippen molar-refractivity contribution >= 4 is 11.8 Å². The van der Waals surface area contributed by atoms with Gasteiger partial charge in [0.05, 0.1) is 14.2 Å². The van der Waals surface area contributed by atoms with Crippen molar-refractivity contribution < 1.29 is 19.1 Å². The number of likely N-dealkylation sites (N-methyl/N-ethyl adjacent to an activating group) is 1. The lowest BCUT2D eigenvalue weighted by atomic mass is 9.92. The summed E-state index contributed by atoms with van der Waals surface area (Å²) < 4.78 is 12.7. The monoisotopic (exact) mass is 385 g/mol. The van der Waals surface area contributed by atoms with Crippen LogP contribution in [0.4, 0.5) is 0 Å². The van der Waals surface area contributed by atoms with Gasteiger partial charge in [0.2, 0.25) is 11.8 Å². The number of methoxy groups -OCH3 is 2. The molecule has 0 saturated heterocycles. The second-order valence-corrected chi connectivity index (χ2v) is 7.03. The maximum absolute atomic E-state index is 13.2. The van der Waals surface area contributed by atoms with Crippen LogP contribution in [0.3, 0.4) is 0 Å². The van der Waals surface area contributed by atoms with E-state index in [1.165, 1.54) is 0 Å². The second kappa shape index (κ2) is 7.96. The number of carbonyl (C=O) groups is 2. The van der Waals surface area contributed by atoms with E-state index in [2.05, 4.69) is 5.32 Å². The number of fused-ring (bicyclic) bond motifs is 1. The topological polar surface area (TPSA) is 72.8 Å². The largest absolute Gasteiger partial charge is 0.493 e. The van der Waals surface area contributed by atoms with Crippen molar-refractivity contribution in [1.29, 1.82) is 0 Å². The van der Waals surface area contributed by atoms with Crippen molar-refractivity contribution in [3.8, 4) is 11.5 Å². The van der Waals surface area contributed by atoms with E-state index in [4.69, 9.17) is 9.47 Å². The first-order chi connectivity index (χ1) is 13.4. The molecule has 7 nitrogen and oxygen atoms in total. The quantitative estimate of drug-likeness (QED) is 0.852. The Morgan fingerprint density at radius 2 is 1.64 bits per heavy atom. The summed E-state index contributed by atoms with van der Waals surface area (Å²) in [5.41, 5.74) is 3.99. The minimum Gasteiger partial charge on any atom is -0.493 e. The Morgan fingerprint density at radius 3 is 2.18 bits per heavy atom. The van der Waals surface area contributed by atoms with Crippen molar-refractivity contribution in [2.75, 3.05) is 21.3 Å². The molecule has 0 unspecified atom stereocenters. The Bertz CT molecular complexity index is 884. The molecule has 1 atom stereocenters. The molecule has 28 heavy (non-hydrogen) atoms. The molecule has 150 valence electrons. The molecule has 2 aromatic rings. The minimum absolute atomic E-state index is 0.0866. The summed E-state index contributed by atoms with van der Waals surface area (Å²) >= 11 is 0. The minimum atomic E-state index is -0.556. The molecular formula is C21H27N3O4. The maximum Gasteiger partial charge on any atom is 0.243 e. The fraction of sp³-hybridized carbons (Fsp3) is 0.429. The molecule has 0 bridgehead atoms. The summed E-state index contributed by atoms with van der Waals surface area (Å²) in [7, 11) is 4.76. The number of hydrogen-bond donors (Lipinski definition) is 1. The number of rotatable bonds is 5. The van der Waals surface area contributed by atoms with Gasteiger partial charge >= 0.3 is 0 Å². The van der Waals surface area contributed by atoms with Crippen molar-refractivity contribution in [2.24, 2.45) is 0 Å². The molecule has 1 aromatic heterocycles. The highest BCUT2D eigenvalue weighted by Crippen LogP contribution is 2.35. The Balaban J connectivity index is 1.95. The normalized spacial score (nSPS) is 15.8. The van der Waals surface area contributed by atoms with Crippen molar-refractivity contribution in [2.45, 2.75) is 39.4 Å². The predicted molar refractivity (Wildman–Crippen MR) is 106 cm³/mol. The van der Waals surface area contributed by atoms with Gasteiger partial charge < -0.3 is 24.3 Å². The van der Waals surface area contributed by atoms with Crippen LogP contribution in [-0.4, -0.2) is 48.6 Å². The number of carbonyl (C=O) groups excluding carboxylic acids is 2. The Morgan fingerprint density at radius 1 is 1.07 bits per heavy atom. The van der Waals surface area contributed by atoms with Crippen LogP contribution in [0.2, 0.25) is 0 Å². The van der Waals surface area contributed by atoms with Gasteiger partial charge in [0, 0.05) is 31.4 Å². The molecule has 1 aromatic carbocycles. The van der Waals surface area contributed by atoms with Crippen molar-refractivity contribution in [1.82, 2.24) is 14.8 Å². The van der Waals surface area contributed by atoms with Crippen LogP contribution in [0.5, 0.6) is 11.5 Å². The first-order valence-corrected chi connectivity index (χ1v) is 9.27. The lowest BCUT2D eigenvalue weighted by Gasteiger charge is -2.36. The molecule has 1 N–H and O–H groups in total. The number of ether oxygens (including phenoxy) is 2. The number of aromatic nitrogens is 1. The van der Waals surface area contributed by atoms with Crippen LogP contribution in [-0.2, 0) is 29.1 Å². The highest BCUT2D eigenvalue weighted by molar-refractivity contribution is 5.88. The summed E-state index contributed by atoms with van der Waals surface area (Å²) in [6.07, 6.45) is 0.435. The molecule has 7 heteroatoms. The Hall–Kier alpha value is -2.96. The number of nitrogens with one attached hydrogen (secondary N) is 1. The molecular weight excluding hydrogens is 358 g/mol. The van der Waals surface area contributed by atoms with E-state index >= 15 is 0 Å². The van der Waals surface area contributed by atoms with E-state index in [0.29, 0.717) is 24.5 Å². The molecule has 2 amide bonds. The average molecular weight is 385 g/mol. The number of amides is 2. The fourth-order valence-electron chi connectivity index (χ4n) is 3.75. The first kappa shape index (κ1) is 19.8. The molecule has 0 fully saturated rings. The van der Waals surface area contributed by atoms with E-state index in [1.54, 1.807) is 26.2 Å². The van der Waals surface area contributed by atoms with Crippen LogP contribution >= 0.6 is 0 Å². The van der Waals surface area contributed by atoms with Gasteiger partial charge in [-0.1, -0.05) is 0 Å². The van der Waals surface area contributed by atoms with Crippen LogP contribution in [0.25, 0.3) is 0 Å². The smallest absolute Gasteiger partial charge is 0.243 e. The Kier molecular flexibility index (Phi) is 5.63.